The quantitative estimate of drug-likeness (QED) is 0.227. The van der Waals surface area contributed by atoms with E-state index < -0.39 is 7.92 Å². The van der Waals surface area contributed by atoms with E-state index >= 15 is 0 Å². The molecule has 4 atom stereocenters. The van der Waals surface area contributed by atoms with Crippen LogP contribution in [0.25, 0.3) is 0 Å². The predicted octanol–water partition coefficient (Wildman–Crippen LogP) is 5.80. The van der Waals surface area contributed by atoms with E-state index in [1.54, 1.807) is 0 Å². The van der Waals surface area contributed by atoms with Crippen LogP contribution in [-0.2, 0) is 40.8 Å². The summed E-state index contributed by atoms with van der Waals surface area (Å²) in [4.78, 5) is 0. The maximum Gasteiger partial charge on any atom is 0 e. The molecule has 164 valence electrons. The zero-order chi connectivity index (χ0) is 20.4. The number of hydrogen-bond acceptors (Lipinski definition) is 0. The van der Waals surface area contributed by atoms with Crippen molar-refractivity contribution in [1.82, 2.24) is 0 Å². The van der Waals surface area contributed by atoms with Crippen LogP contribution in [0.2, 0.25) is 0 Å². The first-order valence-corrected chi connectivity index (χ1v) is 12.6. The van der Waals surface area contributed by atoms with E-state index in [-0.39, 0.29) is 40.8 Å². The number of rotatable bonds is 5. The van der Waals surface area contributed by atoms with Gasteiger partial charge in [0.15, 0.2) is 0 Å². The molecule has 0 bridgehead atoms. The molecule has 4 heteroatoms. The number of aryl methyl sites for hydroxylation is 2. The standard InChI is InChI=1S/C27H30P2.2Re/c1-19-9-6-11-22(17-19)29(23-12-7-10-20(2)18-23)21(3)24-14-8-15-25(24)26-13-4-5-16-27(26)28;;/h4-5,9-13,16-18,21,24-25H,8,14-15,28H2,1-3H3;;/q-2;;/t21-,24?,25?;;/m1../s1. The van der Waals surface area contributed by atoms with Gasteiger partial charge in [0.05, 0.1) is 0 Å². The van der Waals surface area contributed by atoms with Gasteiger partial charge in [0.25, 0.3) is 0 Å². The summed E-state index contributed by atoms with van der Waals surface area (Å²) in [5.74, 6) is 1.37. The summed E-state index contributed by atoms with van der Waals surface area (Å²) >= 11 is 0. The van der Waals surface area contributed by atoms with Crippen LogP contribution in [0.4, 0.5) is 0 Å². The van der Waals surface area contributed by atoms with Crippen molar-refractivity contribution in [2.75, 3.05) is 0 Å². The molecule has 0 saturated heterocycles. The third-order valence-corrected chi connectivity index (χ3v) is 9.74. The van der Waals surface area contributed by atoms with Crippen LogP contribution in [0.3, 0.4) is 0 Å². The number of benzene rings is 3. The smallest absolute Gasteiger partial charge is 0 e. The first-order valence-electron chi connectivity index (χ1n) is 10.6. The average Bonchev–Trinajstić information content (AvgIpc) is 3.18. The second-order valence-electron chi connectivity index (χ2n) is 8.48. The topological polar surface area (TPSA) is 0 Å². The van der Waals surface area contributed by atoms with Crippen LogP contribution < -0.4 is 15.9 Å². The van der Waals surface area contributed by atoms with Crippen LogP contribution in [0.1, 0.15) is 48.8 Å². The first-order chi connectivity index (χ1) is 14.0. The van der Waals surface area contributed by atoms with Crippen LogP contribution in [0.5, 0.6) is 0 Å². The Balaban J connectivity index is 0.00000171. The molecule has 0 nitrogen and oxygen atoms in total. The summed E-state index contributed by atoms with van der Waals surface area (Å²) in [7, 11) is 2.52. The van der Waals surface area contributed by atoms with Crippen molar-refractivity contribution in [3.8, 4) is 0 Å². The van der Waals surface area contributed by atoms with Crippen molar-refractivity contribution >= 4 is 33.1 Å². The normalized spacial score (nSPS) is 18.9. The van der Waals surface area contributed by atoms with Gasteiger partial charge in [-0.2, -0.15) is 67.6 Å². The maximum atomic E-state index is 3.39. The Morgan fingerprint density at radius 2 is 1.48 bits per heavy atom. The Hall–Kier alpha value is -0.155. The summed E-state index contributed by atoms with van der Waals surface area (Å²) < 4.78 is 0. The third kappa shape index (κ3) is 6.25. The second kappa shape index (κ2) is 12.3. The molecule has 0 amide bonds. The maximum absolute atomic E-state index is 3.39. The molecule has 1 aliphatic rings. The molecule has 0 spiro atoms. The summed E-state index contributed by atoms with van der Waals surface area (Å²) in [6, 6.07) is 29.1. The molecule has 3 unspecified atom stereocenters. The van der Waals surface area contributed by atoms with E-state index in [9.17, 15) is 0 Å². The zero-order valence-electron chi connectivity index (χ0n) is 18.4. The molecule has 3 aromatic carbocycles. The van der Waals surface area contributed by atoms with E-state index in [1.165, 1.54) is 51.9 Å². The second-order valence-corrected chi connectivity index (χ2v) is 11.7. The minimum absolute atomic E-state index is 0. The molecular formula is C27H30P2Re2-2. The SMILES string of the molecule is Cc1c[c-]cc(P(c2c[c-]cc(C)c2)[C@H](C)C2CCCC2c2ccccc2P)c1.[Re].[Re]. The molecule has 1 fully saturated rings. The van der Waals surface area contributed by atoms with Crippen molar-refractivity contribution in [2.24, 2.45) is 5.92 Å². The van der Waals surface area contributed by atoms with Gasteiger partial charge in [-0.3, -0.25) is 0 Å². The Morgan fingerprint density at radius 1 is 0.903 bits per heavy atom. The monoisotopic (exact) mass is 790 g/mol. The van der Waals surface area contributed by atoms with E-state index in [2.05, 4.69) is 103 Å². The van der Waals surface area contributed by atoms with Crippen LogP contribution in [0.15, 0.2) is 60.7 Å². The van der Waals surface area contributed by atoms with Gasteiger partial charge in [-0.15, -0.1) is 19.8 Å². The minimum Gasteiger partial charge on any atom is -0.183 e. The molecule has 3 aromatic rings. The van der Waals surface area contributed by atoms with E-state index in [0.717, 1.165) is 0 Å². The zero-order valence-corrected chi connectivity index (χ0v) is 25.9. The average molecular weight is 789 g/mol. The van der Waals surface area contributed by atoms with Crippen LogP contribution >= 0.6 is 17.2 Å². The van der Waals surface area contributed by atoms with Gasteiger partial charge in [-0.25, -0.2) is 0 Å². The summed E-state index contributed by atoms with van der Waals surface area (Å²) in [5.41, 5.74) is 4.76. The molecule has 0 aliphatic heterocycles. The van der Waals surface area contributed by atoms with Crippen molar-refractivity contribution in [3.63, 3.8) is 0 Å². The largest absolute Gasteiger partial charge is 0.183 e. The van der Waals surface area contributed by atoms with E-state index in [4.69, 9.17) is 0 Å². The fourth-order valence-corrected chi connectivity index (χ4v) is 8.55. The molecule has 0 heterocycles. The molecular weight excluding hydrogens is 759 g/mol. The van der Waals surface area contributed by atoms with Crippen molar-refractivity contribution in [1.29, 1.82) is 0 Å². The fourth-order valence-electron chi connectivity index (χ4n) is 5.04. The van der Waals surface area contributed by atoms with Gasteiger partial charge >= 0.3 is 0 Å². The van der Waals surface area contributed by atoms with Crippen LogP contribution in [-0.4, -0.2) is 5.66 Å². The fraction of sp³-hybridized carbons (Fsp3) is 0.333. The van der Waals surface area contributed by atoms with Crippen molar-refractivity contribution < 1.29 is 40.8 Å². The molecule has 31 heavy (non-hydrogen) atoms. The van der Waals surface area contributed by atoms with Crippen molar-refractivity contribution in [3.05, 3.63) is 89.5 Å². The van der Waals surface area contributed by atoms with Crippen molar-refractivity contribution in [2.45, 2.75) is 51.6 Å². The van der Waals surface area contributed by atoms with Gasteiger partial charge in [-0.1, -0.05) is 51.5 Å². The van der Waals surface area contributed by atoms with Gasteiger partial charge in [0, 0.05) is 40.8 Å². The molecule has 0 aromatic heterocycles. The molecule has 4 rings (SSSR count). The van der Waals surface area contributed by atoms with Crippen LogP contribution in [0, 0.1) is 31.9 Å². The van der Waals surface area contributed by atoms with Gasteiger partial charge in [0.2, 0.25) is 0 Å². The van der Waals surface area contributed by atoms with E-state index in [0.29, 0.717) is 17.5 Å². The summed E-state index contributed by atoms with van der Waals surface area (Å²) in [6.07, 6.45) is 3.97. The number of hydrogen-bond donors (Lipinski definition) is 0. The molecule has 1 saturated carbocycles. The Morgan fingerprint density at radius 3 is 2.03 bits per heavy atom. The molecule has 0 N–H and O–H groups in total. The Labute approximate surface area is 219 Å². The summed E-state index contributed by atoms with van der Waals surface area (Å²) in [5, 5.41) is 4.28. The van der Waals surface area contributed by atoms with Gasteiger partial charge in [-0.05, 0) is 41.2 Å². The Kier molecular flexibility index (Phi) is 10.8. The predicted molar refractivity (Wildman–Crippen MR) is 132 cm³/mol. The van der Waals surface area contributed by atoms with Gasteiger partial charge < -0.3 is 0 Å². The summed E-state index contributed by atoms with van der Waals surface area (Å²) in [6.45, 7) is 6.87. The Bertz CT molecular complexity index is 943. The third-order valence-electron chi connectivity index (χ3n) is 6.38. The van der Waals surface area contributed by atoms with E-state index in [1.807, 2.05) is 0 Å². The molecule has 2 radical (unpaired) electrons. The molecule has 1 aliphatic carbocycles. The first kappa shape index (κ1) is 27.1. The minimum atomic E-state index is -0.451. The van der Waals surface area contributed by atoms with Gasteiger partial charge in [0.1, 0.15) is 0 Å².